The lowest BCUT2D eigenvalue weighted by molar-refractivity contribution is -0.134. The number of urea groups is 1. The number of nitrogens with one attached hydrogen (secondary N) is 3. The number of hydrogen-bond acceptors (Lipinski definition) is 3. The Hall–Kier alpha value is -2.28. The van der Waals surface area contributed by atoms with Gasteiger partial charge < -0.3 is 20.9 Å². The highest BCUT2D eigenvalue weighted by molar-refractivity contribution is 6.30. The number of carbonyl (C=O) groups excluding carboxylic acids is 3. The van der Waals surface area contributed by atoms with Crippen molar-refractivity contribution in [3.05, 3.63) is 34.9 Å². The second-order valence-electron chi connectivity index (χ2n) is 9.71. The molecule has 1 aliphatic carbocycles. The number of likely N-dealkylation sites (tertiary alicyclic amines) is 1. The maximum Gasteiger partial charge on any atom is 0.315 e. The molecule has 1 saturated carbocycles. The van der Waals surface area contributed by atoms with Gasteiger partial charge in [-0.1, -0.05) is 44.7 Å². The van der Waals surface area contributed by atoms with Crippen molar-refractivity contribution in [3.63, 3.8) is 0 Å². The third-order valence-electron chi connectivity index (χ3n) is 6.50. The molecular formula is C25H37ClN4O3. The molecule has 1 aromatic carbocycles. The monoisotopic (exact) mass is 476 g/mol. The Morgan fingerprint density at radius 3 is 2.09 bits per heavy atom. The van der Waals surface area contributed by atoms with Crippen molar-refractivity contribution in [2.45, 2.75) is 83.3 Å². The second-order valence-corrected chi connectivity index (χ2v) is 10.2. The number of benzene rings is 1. The van der Waals surface area contributed by atoms with Crippen LogP contribution in [-0.2, 0) is 4.79 Å². The maximum atomic E-state index is 13.2. The zero-order chi connectivity index (χ0) is 23.8. The Balaban J connectivity index is 1.49. The SMILES string of the molecule is CC(C)CC(NC(=O)c1ccc(Cl)cc1)C(=O)N1CCC(NC(=O)NC2CCCCC2)CC1. The van der Waals surface area contributed by atoms with Gasteiger partial charge in [-0.3, -0.25) is 9.59 Å². The van der Waals surface area contributed by atoms with E-state index >= 15 is 0 Å². The number of rotatable bonds is 7. The fourth-order valence-corrected chi connectivity index (χ4v) is 4.79. The Kier molecular flexibility index (Phi) is 9.41. The van der Waals surface area contributed by atoms with Gasteiger partial charge >= 0.3 is 6.03 Å². The first-order chi connectivity index (χ1) is 15.8. The van der Waals surface area contributed by atoms with Gasteiger partial charge in [0.25, 0.3) is 5.91 Å². The second kappa shape index (κ2) is 12.3. The lowest BCUT2D eigenvalue weighted by Crippen LogP contribution is -2.54. The summed E-state index contributed by atoms with van der Waals surface area (Å²) in [5, 5.41) is 9.65. The van der Waals surface area contributed by atoms with Crippen LogP contribution in [-0.4, -0.2) is 54.0 Å². The molecule has 182 valence electrons. The molecule has 33 heavy (non-hydrogen) atoms. The first-order valence-electron chi connectivity index (χ1n) is 12.2. The average molecular weight is 477 g/mol. The Morgan fingerprint density at radius 2 is 1.52 bits per heavy atom. The summed E-state index contributed by atoms with van der Waals surface area (Å²) in [4.78, 5) is 40.1. The minimum Gasteiger partial charge on any atom is -0.341 e. The molecule has 1 aliphatic heterocycles. The Labute approximate surface area is 202 Å². The van der Waals surface area contributed by atoms with Crippen molar-refractivity contribution in [2.75, 3.05) is 13.1 Å². The lowest BCUT2D eigenvalue weighted by atomic mass is 9.96. The molecule has 0 radical (unpaired) electrons. The van der Waals surface area contributed by atoms with Crippen molar-refractivity contribution in [2.24, 2.45) is 5.92 Å². The maximum absolute atomic E-state index is 13.2. The van der Waals surface area contributed by atoms with Crippen LogP contribution in [0, 0.1) is 5.92 Å². The van der Waals surface area contributed by atoms with E-state index in [1.165, 1.54) is 19.3 Å². The van der Waals surface area contributed by atoms with Crippen LogP contribution in [0.2, 0.25) is 5.02 Å². The number of nitrogens with zero attached hydrogens (tertiary/aromatic N) is 1. The van der Waals surface area contributed by atoms with Gasteiger partial charge in [-0.2, -0.15) is 0 Å². The van der Waals surface area contributed by atoms with Crippen LogP contribution in [0.5, 0.6) is 0 Å². The molecule has 0 spiro atoms. The van der Waals surface area contributed by atoms with Crippen LogP contribution in [0.4, 0.5) is 4.79 Å². The third kappa shape index (κ3) is 7.91. The number of halogens is 1. The van der Waals surface area contributed by atoms with Crippen LogP contribution in [0.1, 0.15) is 75.6 Å². The highest BCUT2D eigenvalue weighted by Crippen LogP contribution is 2.18. The van der Waals surface area contributed by atoms with Gasteiger partial charge in [0.1, 0.15) is 6.04 Å². The summed E-state index contributed by atoms with van der Waals surface area (Å²) in [5.74, 6) is -0.0788. The summed E-state index contributed by atoms with van der Waals surface area (Å²) in [6.07, 6.45) is 7.71. The van der Waals surface area contributed by atoms with E-state index in [0.29, 0.717) is 42.9 Å². The van der Waals surface area contributed by atoms with Crippen molar-refractivity contribution >= 4 is 29.4 Å². The van der Waals surface area contributed by atoms with Gasteiger partial charge in [0, 0.05) is 35.8 Å². The smallest absolute Gasteiger partial charge is 0.315 e. The molecule has 3 N–H and O–H groups in total. The first kappa shape index (κ1) is 25.3. The van der Waals surface area contributed by atoms with Crippen molar-refractivity contribution in [3.8, 4) is 0 Å². The van der Waals surface area contributed by atoms with E-state index in [1.807, 2.05) is 18.7 Å². The van der Waals surface area contributed by atoms with Gasteiger partial charge in [0.15, 0.2) is 0 Å². The molecule has 8 heteroatoms. The van der Waals surface area contributed by atoms with Crippen LogP contribution < -0.4 is 16.0 Å². The van der Waals surface area contributed by atoms with E-state index in [2.05, 4.69) is 16.0 Å². The quantitative estimate of drug-likeness (QED) is 0.553. The molecule has 1 heterocycles. The van der Waals surface area contributed by atoms with E-state index in [-0.39, 0.29) is 35.8 Å². The van der Waals surface area contributed by atoms with Crippen LogP contribution in [0.15, 0.2) is 24.3 Å². The number of piperidine rings is 1. The third-order valence-corrected chi connectivity index (χ3v) is 6.75. The summed E-state index contributed by atoms with van der Waals surface area (Å²) in [6.45, 7) is 5.21. The van der Waals surface area contributed by atoms with E-state index in [9.17, 15) is 14.4 Å². The van der Waals surface area contributed by atoms with Gasteiger partial charge in [0.2, 0.25) is 5.91 Å². The van der Waals surface area contributed by atoms with E-state index in [0.717, 1.165) is 12.8 Å². The summed E-state index contributed by atoms with van der Waals surface area (Å²) < 4.78 is 0. The van der Waals surface area contributed by atoms with Crippen LogP contribution >= 0.6 is 11.6 Å². The van der Waals surface area contributed by atoms with E-state index in [4.69, 9.17) is 11.6 Å². The fraction of sp³-hybridized carbons (Fsp3) is 0.640. The molecule has 1 atom stereocenters. The molecule has 4 amide bonds. The predicted octanol–water partition coefficient (Wildman–Crippen LogP) is 4.11. The summed E-state index contributed by atoms with van der Waals surface area (Å²) in [7, 11) is 0. The van der Waals surface area contributed by atoms with Crippen LogP contribution in [0.3, 0.4) is 0 Å². The summed E-state index contributed by atoms with van der Waals surface area (Å²) >= 11 is 5.91. The molecule has 2 fully saturated rings. The zero-order valence-corrected chi connectivity index (χ0v) is 20.5. The molecule has 0 bridgehead atoms. The molecule has 1 aromatic rings. The van der Waals surface area contributed by atoms with Gasteiger partial charge in [-0.15, -0.1) is 0 Å². The molecule has 3 rings (SSSR count). The molecule has 0 aromatic heterocycles. The van der Waals surface area contributed by atoms with Crippen molar-refractivity contribution in [1.29, 1.82) is 0 Å². The number of carbonyl (C=O) groups is 3. The molecule has 1 unspecified atom stereocenters. The summed E-state index contributed by atoms with van der Waals surface area (Å²) in [6, 6.07) is 6.31. The number of hydrogen-bond donors (Lipinski definition) is 3. The summed E-state index contributed by atoms with van der Waals surface area (Å²) in [5.41, 5.74) is 0.479. The van der Waals surface area contributed by atoms with E-state index in [1.54, 1.807) is 24.3 Å². The molecular weight excluding hydrogens is 440 g/mol. The highest BCUT2D eigenvalue weighted by atomic mass is 35.5. The lowest BCUT2D eigenvalue weighted by Gasteiger charge is -2.35. The standard InChI is InChI=1S/C25H37ClN4O3/c1-17(2)16-22(29-23(31)18-8-10-19(26)11-9-18)24(32)30-14-12-21(13-15-30)28-25(33)27-20-6-4-3-5-7-20/h8-11,17,20-22H,3-7,12-16H2,1-2H3,(H,29,31)(H2,27,28,33). The molecule has 1 saturated heterocycles. The van der Waals surface area contributed by atoms with Crippen molar-refractivity contribution < 1.29 is 14.4 Å². The zero-order valence-electron chi connectivity index (χ0n) is 19.7. The predicted molar refractivity (Wildman–Crippen MR) is 130 cm³/mol. The van der Waals surface area contributed by atoms with E-state index < -0.39 is 6.04 Å². The molecule has 2 aliphatic rings. The Bertz CT molecular complexity index is 800. The highest BCUT2D eigenvalue weighted by Gasteiger charge is 2.30. The minimum absolute atomic E-state index is 0.0591. The topological polar surface area (TPSA) is 90.5 Å². The number of amides is 4. The average Bonchev–Trinajstić information content (AvgIpc) is 2.79. The van der Waals surface area contributed by atoms with Crippen molar-refractivity contribution in [1.82, 2.24) is 20.9 Å². The minimum atomic E-state index is -0.577. The van der Waals surface area contributed by atoms with Gasteiger partial charge in [-0.25, -0.2) is 4.79 Å². The largest absolute Gasteiger partial charge is 0.341 e. The Morgan fingerprint density at radius 1 is 0.939 bits per heavy atom. The fourth-order valence-electron chi connectivity index (χ4n) is 4.66. The molecule has 7 nitrogen and oxygen atoms in total. The first-order valence-corrected chi connectivity index (χ1v) is 12.6. The van der Waals surface area contributed by atoms with Crippen LogP contribution in [0.25, 0.3) is 0 Å². The van der Waals surface area contributed by atoms with Gasteiger partial charge in [-0.05, 0) is 62.3 Å². The normalized spacial score (nSPS) is 18.6. The van der Waals surface area contributed by atoms with Gasteiger partial charge in [0.05, 0.1) is 0 Å².